The van der Waals surface area contributed by atoms with Crippen LogP contribution in [0.1, 0.15) is 32.1 Å². The molecule has 1 amide bonds. The Labute approximate surface area is 102 Å². The van der Waals surface area contributed by atoms with E-state index in [1.807, 2.05) is 0 Å². The fourth-order valence-corrected chi connectivity index (χ4v) is 1.44. The minimum absolute atomic E-state index is 0.0495. The minimum atomic E-state index is -1.04. The maximum absolute atomic E-state index is 11.6. The van der Waals surface area contributed by atoms with Gasteiger partial charge in [0, 0.05) is 6.42 Å². The molecule has 0 aromatic rings. The van der Waals surface area contributed by atoms with Gasteiger partial charge in [0.1, 0.15) is 6.54 Å². The molecule has 0 unspecified atom stereocenters. The third-order valence-corrected chi connectivity index (χ3v) is 2.31. The molecule has 0 radical (unpaired) electrons. The van der Waals surface area contributed by atoms with Gasteiger partial charge in [-0.1, -0.05) is 18.8 Å². The molecule has 5 nitrogen and oxygen atoms in total. The Morgan fingerprint density at radius 1 is 1.24 bits per heavy atom. The average Bonchev–Trinajstić information content (AvgIpc) is 2.27. The molecular weight excluding hydrogens is 220 g/mol. The van der Waals surface area contributed by atoms with Crippen molar-refractivity contribution in [2.75, 3.05) is 19.6 Å². The first kappa shape index (κ1) is 15.5. The van der Waals surface area contributed by atoms with Gasteiger partial charge in [-0.3, -0.25) is 9.59 Å². The van der Waals surface area contributed by atoms with Crippen LogP contribution in [0.2, 0.25) is 0 Å². The number of aliphatic carboxylic acids is 1. The lowest BCUT2D eigenvalue weighted by Crippen LogP contribution is -2.35. The molecule has 0 aliphatic rings. The number of carbonyl (C=O) groups is 2. The summed E-state index contributed by atoms with van der Waals surface area (Å²) < 4.78 is 0. The van der Waals surface area contributed by atoms with Gasteiger partial charge in [-0.25, -0.2) is 0 Å². The number of hydrogen-bond donors (Lipinski definition) is 2. The summed E-state index contributed by atoms with van der Waals surface area (Å²) in [5.41, 5.74) is 5.35. The number of nitrogens with zero attached hydrogens (tertiary/aromatic N) is 1. The number of nitrogens with two attached hydrogens (primary N) is 1. The second kappa shape index (κ2) is 9.67. The van der Waals surface area contributed by atoms with Crippen molar-refractivity contribution in [1.82, 2.24) is 4.90 Å². The molecular formula is C12H20N2O3. The van der Waals surface area contributed by atoms with Crippen LogP contribution in [0.4, 0.5) is 0 Å². The van der Waals surface area contributed by atoms with E-state index in [2.05, 4.69) is 5.92 Å². The fourth-order valence-electron chi connectivity index (χ4n) is 1.44. The van der Waals surface area contributed by atoms with Gasteiger partial charge in [0.15, 0.2) is 0 Å². The third-order valence-electron chi connectivity index (χ3n) is 2.31. The Kier molecular flexibility index (Phi) is 8.79. The first-order chi connectivity index (χ1) is 8.11. The highest BCUT2D eigenvalue weighted by Gasteiger charge is 2.14. The fraction of sp³-hybridized carbons (Fsp3) is 0.667. The topological polar surface area (TPSA) is 83.6 Å². The Morgan fingerprint density at radius 2 is 1.88 bits per heavy atom. The third kappa shape index (κ3) is 8.29. The Balaban J connectivity index is 3.89. The summed E-state index contributed by atoms with van der Waals surface area (Å²) in [4.78, 5) is 23.4. The molecule has 0 bridgehead atoms. The zero-order chi connectivity index (χ0) is 13.1. The van der Waals surface area contributed by atoms with Crippen LogP contribution in [0.25, 0.3) is 0 Å². The van der Waals surface area contributed by atoms with Crippen LogP contribution < -0.4 is 5.73 Å². The van der Waals surface area contributed by atoms with E-state index in [0.29, 0.717) is 13.0 Å². The predicted octanol–water partition coefficient (Wildman–Crippen LogP) is 0.442. The van der Waals surface area contributed by atoms with Crippen molar-refractivity contribution in [3.8, 4) is 12.3 Å². The van der Waals surface area contributed by atoms with Crippen molar-refractivity contribution in [1.29, 1.82) is 0 Å². The molecule has 0 aliphatic heterocycles. The standard InChI is InChI=1S/C12H20N2O3/c1-2-9-14(10-12(16)17)11(15)7-5-3-4-6-8-13/h1H,3-10,13H2,(H,16,17). The normalized spacial score (nSPS) is 9.65. The van der Waals surface area contributed by atoms with Crippen molar-refractivity contribution in [2.45, 2.75) is 32.1 Å². The summed E-state index contributed by atoms with van der Waals surface area (Å²) in [7, 11) is 0. The molecule has 0 fully saturated rings. The Morgan fingerprint density at radius 3 is 2.41 bits per heavy atom. The van der Waals surface area contributed by atoms with Gasteiger partial charge in [-0.15, -0.1) is 6.42 Å². The van der Waals surface area contributed by atoms with Crippen LogP contribution in [-0.2, 0) is 9.59 Å². The number of carbonyl (C=O) groups excluding carboxylic acids is 1. The number of carboxylic acid groups (broad SMARTS) is 1. The summed E-state index contributed by atoms with van der Waals surface area (Å²) in [5.74, 6) is 1.05. The molecule has 0 rings (SSSR count). The molecule has 0 spiro atoms. The lowest BCUT2D eigenvalue weighted by Gasteiger charge is -2.17. The summed E-state index contributed by atoms with van der Waals surface area (Å²) >= 11 is 0. The highest BCUT2D eigenvalue weighted by molar-refractivity contribution is 5.81. The molecule has 0 saturated heterocycles. The van der Waals surface area contributed by atoms with Crippen LogP contribution in [0.3, 0.4) is 0 Å². The minimum Gasteiger partial charge on any atom is -0.480 e. The molecule has 0 saturated carbocycles. The van der Waals surface area contributed by atoms with Gasteiger partial charge in [0.2, 0.25) is 5.91 Å². The molecule has 0 aliphatic carbocycles. The van der Waals surface area contributed by atoms with E-state index in [-0.39, 0.29) is 19.0 Å². The van der Waals surface area contributed by atoms with Gasteiger partial charge in [0.25, 0.3) is 0 Å². The van der Waals surface area contributed by atoms with Crippen molar-refractivity contribution >= 4 is 11.9 Å². The number of terminal acetylenes is 1. The van der Waals surface area contributed by atoms with Gasteiger partial charge < -0.3 is 15.7 Å². The van der Waals surface area contributed by atoms with Gasteiger partial charge >= 0.3 is 5.97 Å². The van der Waals surface area contributed by atoms with E-state index in [4.69, 9.17) is 17.3 Å². The van der Waals surface area contributed by atoms with Crippen molar-refractivity contribution in [2.24, 2.45) is 5.73 Å². The quantitative estimate of drug-likeness (QED) is 0.452. The van der Waals surface area contributed by atoms with Crippen LogP contribution in [0.5, 0.6) is 0 Å². The lowest BCUT2D eigenvalue weighted by molar-refractivity contribution is -0.144. The first-order valence-corrected chi connectivity index (χ1v) is 5.75. The smallest absolute Gasteiger partial charge is 0.323 e. The maximum Gasteiger partial charge on any atom is 0.323 e. The van der Waals surface area contributed by atoms with Gasteiger partial charge in [-0.05, 0) is 19.4 Å². The molecule has 96 valence electrons. The number of rotatable bonds is 9. The van der Waals surface area contributed by atoms with Crippen LogP contribution >= 0.6 is 0 Å². The van der Waals surface area contributed by atoms with Crippen molar-refractivity contribution in [3.63, 3.8) is 0 Å². The molecule has 0 aromatic carbocycles. The molecule has 0 atom stereocenters. The second-order valence-corrected chi connectivity index (χ2v) is 3.80. The largest absolute Gasteiger partial charge is 0.480 e. The zero-order valence-corrected chi connectivity index (χ0v) is 10.0. The summed E-state index contributed by atoms with van der Waals surface area (Å²) in [6.07, 6.45) is 9.07. The predicted molar refractivity (Wildman–Crippen MR) is 65.2 cm³/mol. The molecule has 0 heterocycles. The second-order valence-electron chi connectivity index (χ2n) is 3.80. The Bertz CT molecular complexity index is 284. The van der Waals surface area contributed by atoms with Crippen LogP contribution in [0, 0.1) is 12.3 Å². The molecule has 3 N–H and O–H groups in total. The van der Waals surface area contributed by atoms with Gasteiger partial charge in [-0.2, -0.15) is 0 Å². The zero-order valence-electron chi connectivity index (χ0n) is 10.0. The highest BCUT2D eigenvalue weighted by atomic mass is 16.4. The van der Waals surface area contributed by atoms with E-state index in [1.165, 1.54) is 4.90 Å². The van der Waals surface area contributed by atoms with E-state index >= 15 is 0 Å². The summed E-state index contributed by atoms with van der Waals surface area (Å²) in [6.45, 7) is 0.385. The van der Waals surface area contributed by atoms with E-state index in [0.717, 1.165) is 25.7 Å². The lowest BCUT2D eigenvalue weighted by atomic mass is 10.1. The molecule has 17 heavy (non-hydrogen) atoms. The SMILES string of the molecule is C#CCN(CC(=O)O)C(=O)CCCCCCN. The first-order valence-electron chi connectivity index (χ1n) is 5.75. The van der Waals surface area contributed by atoms with E-state index in [1.54, 1.807) is 0 Å². The van der Waals surface area contributed by atoms with Crippen molar-refractivity contribution < 1.29 is 14.7 Å². The number of amides is 1. The Hall–Kier alpha value is -1.54. The number of carboxylic acids is 1. The van der Waals surface area contributed by atoms with Crippen molar-refractivity contribution in [3.05, 3.63) is 0 Å². The van der Waals surface area contributed by atoms with Crippen LogP contribution in [0.15, 0.2) is 0 Å². The average molecular weight is 240 g/mol. The molecule has 0 aromatic heterocycles. The molecule has 5 heteroatoms. The number of unbranched alkanes of at least 4 members (excludes halogenated alkanes) is 3. The monoisotopic (exact) mass is 240 g/mol. The summed E-state index contributed by atoms with van der Waals surface area (Å²) in [5, 5.41) is 8.62. The van der Waals surface area contributed by atoms with Gasteiger partial charge in [0.05, 0.1) is 6.54 Å². The van der Waals surface area contributed by atoms with E-state index in [9.17, 15) is 9.59 Å². The maximum atomic E-state index is 11.6. The number of hydrogen-bond acceptors (Lipinski definition) is 3. The van der Waals surface area contributed by atoms with Crippen LogP contribution in [-0.4, -0.2) is 41.5 Å². The summed E-state index contributed by atoms with van der Waals surface area (Å²) in [6, 6.07) is 0. The highest BCUT2D eigenvalue weighted by Crippen LogP contribution is 2.05. The van der Waals surface area contributed by atoms with E-state index < -0.39 is 5.97 Å².